The van der Waals surface area contributed by atoms with Crippen molar-refractivity contribution in [1.29, 1.82) is 0 Å². The maximum atomic E-state index is 12.0. The molecule has 3 N–H and O–H groups in total. The third-order valence-corrected chi connectivity index (χ3v) is 4.02. The van der Waals surface area contributed by atoms with Crippen LogP contribution in [0, 0.1) is 13.8 Å². The van der Waals surface area contributed by atoms with Crippen molar-refractivity contribution in [3.8, 4) is 0 Å². The summed E-state index contributed by atoms with van der Waals surface area (Å²) in [6.45, 7) is 6.32. The lowest BCUT2D eigenvalue weighted by Gasteiger charge is -2.17. The van der Waals surface area contributed by atoms with E-state index in [9.17, 15) is 9.59 Å². The molecule has 0 fully saturated rings. The number of carbonyl (C=O) groups is 2. The minimum atomic E-state index is -0.362. The number of hydrogen-bond donors (Lipinski definition) is 3. The summed E-state index contributed by atoms with van der Waals surface area (Å²) in [6, 6.07) is 15.4. The highest BCUT2D eigenvalue weighted by Gasteiger charge is 2.12. The Balaban J connectivity index is 1.73. The van der Waals surface area contributed by atoms with Gasteiger partial charge in [0.05, 0.1) is 12.6 Å². The highest BCUT2D eigenvalue weighted by Crippen LogP contribution is 2.16. The van der Waals surface area contributed by atoms with Gasteiger partial charge in [-0.1, -0.05) is 54.1 Å². The highest BCUT2D eigenvalue weighted by molar-refractivity contribution is 5.84. The zero-order valence-corrected chi connectivity index (χ0v) is 14.9. The van der Waals surface area contributed by atoms with Crippen LogP contribution >= 0.6 is 0 Å². The van der Waals surface area contributed by atoms with Gasteiger partial charge in [-0.15, -0.1) is 0 Å². The van der Waals surface area contributed by atoms with Gasteiger partial charge in [-0.05, 0) is 37.5 Å². The zero-order chi connectivity index (χ0) is 18.2. The average molecular weight is 339 g/mol. The van der Waals surface area contributed by atoms with Crippen LogP contribution in [0.15, 0.2) is 48.5 Å². The quantitative estimate of drug-likeness (QED) is 0.757. The predicted octanol–water partition coefficient (Wildman–Crippen LogP) is 2.98. The smallest absolute Gasteiger partial charge is 0.315 e. The maximum Gasteiger partial charge on any atom is 0.315 e. The number of carbonyl (C=O) groups excluding carboxylic acids is 2. The molecule has 2 aromatic rings. The van der Waals surface area contributed by atoms with Crippen molar-refractivity contribution in [3.63, 3.8) is 0 Å². The molecule has 1 unspecified atom stereocenters. The van der Waals surface area contributed by atoms with Crippen LogP contribution in [0.5, 0.6) is 0 Å². The molecule has 0 aromatic heterocycles. The van der Waals surface area contributed by atoms with Gasteiger partial charge in [-0.25, -0.2) is 4.79 Å². The van der Waals surface area contributed by atoms with Crippen molar-refractivity contribution < 1.29 is 9.59 Å². The lowest BCUT2D eigenvalue weighted by atomic mass is 10.0. The van der Waals surface area contributed by atoms with Crippen molar-refractivity contribution in [2.75, 3.05) is 6.54 Å². The molecule has 0 aliphatic carbocycles. The zero-order valence-electron chi connectivity index (χ0n) is 14.9. The Morgan fingerprint density at radius 1 is 0.960 bits per heavy atom. The summed E-state index contributed by atoms with van der Waals surface area (Å²) in [5.74, 6) is -0.221. The Morgan fingerprint density at radius 3 is 2.32 bits per heavy atom. The molecule has 0 saturated carbocycles. The van der Waals surface area contributed by atoms with E-state index in [0.29, 0.717) is 6.54 Å². The number of benzene rings is 2. The number of hydrogen-bond acceptors (Lipinski definition) is 2. The fourth-order valence-corrected chi connectivity index (χ4v) is 2.55. The molecule has 0 bridgehead atoms. The molecule has 5 nitrogen and oxygen atoms in total. The van der Waals surface area contributed by atoms with E-state index in [1.54, 1.807) is 0 Å². The van der Waals surface area contributed by atoms with Gasteiger partial charge in [0.25, 0.3) is 0 Å². The first-order valence-electron chi connectivity index (χ1n) is 8.38. The average Bonchev–Trinajstić information content (AvgIpc) is 2.59. The molecule has 0 saturated heterocycles. The first-order chi connectivity index (χ1) is 12.0. The molecular formula is C20H25N3O2. The summed E-state index contributed by atoms with van der Waals surface area (Å²) in [7, 11) is 0. The van der Waals surface area contributed by atoms with E-state index in [4.69, 9.17) is 0 Å². The molecule has 0 aliphatic heterocycles. The molecule has 2 aromatic carbocycles. The summed E-state index contributed by atoms with van der Waals surface area (Å²) in [4.78, 5) is 23.8. The number of nitrogens with one attached hydrogen (secondary N) is 3. The maximum absolute atomic E-state index is 12.0. The second-order valence-corrected chi connectivity index (χ2v) is 6.17. The standard InChI is InChI=1S/C20H25N3O2/c1-14-8-10-17(11-9-14)12-21-20(25)22-13-19(24)23-16(3)18-7-5-4-6-15(18)2/h4-11,16H,12-13H2,1-3H3,(H,23,24)(H2,21,22,25). The number of amides is 3. The van der Waals surface area contributed by atoms with Crippen LogP contribution in [0.1, 0.15) is 35.2 Å². The predicted molar refractivity (Wildman–Crippen MR) is 99.2 cm³/mol. The minimum absolute atomic E-state index is 0.0596. The summed E-state index contributed by atoms with van der Waals surface area (Å²) < 4.78 is 0. The molecule has 132 valence electrons. The first kappa shape index (κ1) is 18.5. The van der Waals surface area contributed by atoms with E-state index in [2.05, 4.69) is 16.0 Å². The molecule has 0 radical (unpaired) electrons. The van der Waals surface area contributed by atoms with E-state index in [1.807, 2.05) is 69.3 Å². The van der Waals surface area contributed by atoms with E-state index in [0.717, 1.165) is 16.7 Å². The van der Waals surface area contributed by atoms with Gasteiger partial charge >= 0.3 is 6.03 Å². The van der Waals surface area contributed by atoms with Crippen LogP contribution in [-0.4, -0.2) is 18.5 Å². The largest absolute Gasteiger partial charge is 0.348 e. The van der Waals surface area contributed by atoms with Crippen molar-refractivity contribution in [2.24, 2.45) is 0 Å². The van der Waals surface area contributed by atoms with Gasteiger partial charge in [0, 0.05) is 6.54 Å². The molecule has 5 heteroatoms. The fourth-order valence-electron chi connectivity index (χ4n) is 2.55. The fraction of sp³-hybridized carbons (Fsp3) is 0.300. The Morgan fingerprint density at radius 2 is 1.64 bits per heavy atom. The van der Waals surface area contributed by atoms with Crippen molar-refractivity contribution in [3.05, 3.63) is 70.8 Å². The minimum Gasteiger partial charge on any atom is -0.348 e. The molecule has 3 amide bonds. The van der Waals surface area contributed by atoms with Gasteiger partial charge in [0.1, 0.15) is 0 Å². The summed E-state index contributed by atoms with van der Waals surface area (Å²) >= 11 is 0. The van der Waals surface area contributed by atoms with Crippen LogP contribution in [0.2, 0.25) is 0 Å². The second-order valence-electron chi connectivity index (χ2n) is 6.17. The first-order valence-corrected chi connectivity index (χ1v) is 8.38. The monoisotopic (exact) mass is 339 g/mol. The Bertz CT molecular complexity index is 726. The Hall–Kier alpha value is -2.82. The van der Waals surface area contributed by atoms with Crippen LogP contribution in [0.25, 0.3) is 0 Å². The van der Waals surface area contributed by atoms with Gasteiger partial charge in [0.2, 0.25) is 5.91 Å². The highest BCUT2D eigenvalue weighted by atomic mass is 16.2. The van der Waals surface area contributed by atoms with Crippen molar-refractivity contribution >= 4 is 11.9 Å². The third-order valence-electron chi connectivity index (χ3n) is 4.02. The Labute approximate surface area is 148 Å². The van der Waals surface area contributed by atoms with E-state index in [-0.39, 0.29) is 24.5 Å². The van der Waals surface area contributed by atoms with Gasteiger partial charge < -0.3 is 16.0 Å². The molecular weight excluding hydrogens is 314 g/mol. The van der Waals surface area contributed by atoms with Crippen LogP contribution < -0.4 is 16.0 Å². The lowest BCUT2D eigenvalue weighted by molar-refractivity contribution is -0.120. The van der Waals surface area contributed by atoms with E-state index < -0.39 is 0 Å². The third kappa shape index (κ3) is 5.95. The van der Waals surface area contributed by atoms with Crippen LogP contribution in [0.3, 0.4) is 0 Å². The molecule has 0 spiro atoms. The lowest BCUT2D eigenvalue weighted by Crippen LogP contribution is -2.42. The second kappa shape index (κ2) is 8.87. The molecule has 0 aliphatic rings. The van der Waals surface area contributed by atoms with E-state index in [1.165, 1.54) is 5.56 Å². The summed E-state index contributed by atoms with van der Waals surface area (Å²) in [5, 5.41) is 8.20. The number of urea groups is 1. The van der Waals surface area contributed by atoms with Gasteiger partial charge in [-0.2, -0.15) is 0 Å². The molecule has 1 atom stereocenters. The molecule has 25 heavy (non-hydrogen) atoms. The van der Waals surface area contributed by atoms with Crippen LogP contribution in [-0.2, 0) is 11.3 Å². The number of aryl methyl sites for hydroxylation is 2. The summed E-state index contributed by atoms with van der Waals surface area (Å²) in [5.41, 5.74) is 4.38. The molecule has 0 heterocycles. The summed E-state index contributed by atoms with van der Waals surface area (Å²) in [6.07, 6.45) is 0. The van der Waals surface area contributed by atoms with Crippen LogP contribution in [0.4, 0.5) is 4.79 Å². The SMILES string of the molecule is Cc1ccc(CNC(=O)NCC(=O)NC(C)c2ccccc2C)cc1. The van der Waals surface area contributed by atoms with Crippen molar-refractivity contribution in [2.45, 2.75) is 33.4 Å². The van der Waals surface area contributed by atoms with Crippen molar-refractivity contribution in [1.82, 2.24) is 16.0 Å². The molecule has 2 rings (SSSR count). The topological polar surface area (TPSA) is 70.2 Å². The van der Waals surface area contributed by atoms with E-state index >= 15 is 0 Å². The van der Waals surface area contributed by atoms with Gasteiger partial charge in [0.15, 0.2) is 0 Å². The normalized spacial score (nSPS) is 11.5. The Kier molecular flexibility index (Phi) is 6.57. The number of rotatable bonds is 6. The van der Waals surface area contributed by atoms with Gasteiger partial charge in [-0.3, -0.25) is 4.79 Å².